The normalized spacial score (nSPS) is 13.3. The van der Waals surface area contributed by atoms with E-state index < -0.39 is 17.7 Å². The summed E-state index contributed by atoms with van der Waals surface area (Å²) >= 11 is 0. The van der Waals surface area contributed by atoms with Crippen molar-refractivity contribution in [1.29, 1.82) is 0 Å². The van der Waals surface area contributed by atoms with Crippen LogP contribution >= 0.6 is 0 Å². The van der Waals surface area contributed by atoms with E-state index in [1.807, 2.05) is 13.0 Å². The van der Waals surface area contributed by atoms with Crippen molar-refractivity contribution in [1.82, 2.24) is 4.90 Å². The van der Waals surface area contributed by atoms with Gasteiger partial charge < -0.3 is 16.4 Å². The zero-order valence-electron chi connectivity index (χ0n) is 13.7. The standard InChI is InChI=1S/C18H18F2N4O/c1-10-5-6-12(16-14(19)3-2-4-15(16)20)13-9-24(8-7-11(10)13)18(25)23-17(21)22/h2-6H,7-9H2,1H3,(H4,21,22,23,25). The number of guanidine groups is 1. The first kappa shape index (κ1) is 16.9. The molecule has 5 nitrogen and oxygen atoms in total. The average molecular weight is 344 g/mol. The summed E-state index contributed by atoms with van der Waals surface area (Å²) in [7, 11) is 0. The van der Waals surface area contributed by atoms with Crippen LogP contribution in [0.15, 0.2) is 35.3 Å². The molecule has 0 saturated heterocycles. The smallest absolute Gasteiger partial charge is 0.347 e. The molecule has 0 bridgehead atoms. The van der Waals surface area contributed by atoms with Crippen LogP contribution in [0, 0.1) is 18.6 Å². The van der Waals surface area contributed by atoms with Crippen molar-refractivity contribution >= 4 is 12.0 Å². The van der Waals surface area contributed by atoms with Gasteiger partial charge in [0.25, 0.3) is 0 Å². The topological polar surface area (TPSA) is 84.7 Å². The van der Waals surface area contributed by atoms with Crippen LogP contribution in [-0.2, 0) is 13.0 Å². The number of rotatable bonds is 1. The van der Waals surface area contributed by atoms with Gasteiger partial charge in [-0.05, 0) is 47.7 Å². The van der Waals surface area contributed by atoms with Crippen LogP contribution < -0.4 is 11.5 Å². The number of benzene rings is 2. The largest absolute Gasteiger partial charge is 0.370 e. The number of aliphatic imine (C=N–C) groups is 1. The van der Waals surface area contributed by atoms with Crippen molar-refractivity contribution in [2.75, 3.05) is 6.54 Å². The van der Waals surface area contributed by atoms with E-state index in [9.17, 15) is 13.6 Å². The molecule has 0 saturated carbocycles. The molecule has 2 amide bonds. The second-order valence-corrected chi connectivity index (χ2v) is 5.97. The molecule has 0 unspecified atom stereocenters. The fourth-order valence-electron chi connectivity index (χ4n) is 3.19. The molecule has 1 heterocycles. The highest BCUT2D eigenvalue weighted by Crippen LogP contribution is 2.35. The van der Waals surface area contributed by atoms with Gasteiger partial charge in [-0.15, -0.1) is 0 Å². The van der Waals surface area contributed by atoms with Crippen LogP contribution in [0.2, 0.25) is 0 Å². The van der Waals surface area contributed by atoms with Crippen LogP contribution in [0.1, 0.15) is 16.7 Å². The third kappa shape index (κ3) is 3.17. The first-order valence-corrected chi connectivity index (χ1v) is 7.82. The Kier molecular flexibility index (Phi) is 4.39. The molecule has 0 aliphatic carbocycles. The van der Waals surface area contributed by atoms with Gasteiger partial charge >= 0.3 is 6.03 Å². The summed E-state index contributed by atoms with van der Waals surface area (Å²) in [6, 6.07) is 6.72. The number of amides is 2. The number of fused-ring (bicyclic) bond motifs is 1. The number of aryl methyl sites for hydroxylation is 1. The first-order chi connectivity index (χ1) is 11.9. The van der Waals surface area contributed by atoms with Crippen molar-refractivity contribution in [2.45, 2.75) is 19.9 Å². The summed E-state index contributed by atoms with van der Waals surface area (Å²) in [5.41, 5.74) is 13.6. The average Bonchev–Trinajstić information content (AvgIpc) is 2.55. The highest BCUT2D eigenvalue weighted by Gasteiger charge is 2.26. The van der Waals surface area contributed by atoms with Gasteiger partial charge in [-0.25, -0.2) is 13.6 Å². The molecule has 2 aromatic carbocycles. The lowest BCUT2D eigenvalue weighted by Gasteiger charge is -2.30. The number of nitrogens with zero attached hydrogens (tertiary/aromatic N) is 2. The zero-order chi connectivity index (χ0) is 18.1. The molecular weight excluding hydrogens is 326 g/mol. The number of carbonyl (C=O) groups is 1. The van der Waals surface area contributed by atoms with Crippen molar-refractivity contribution in [2.24, 2.45) is 16.5 Å². The molecule has 1 aliphatic heterocycles. The van der Waals surface area contributed by atoms with Crippen LogP contribution in [0.4, 0.5) is 13.6 Å². The minimum absolute atomic E-state index is 0.0881. The Morgan fingerprint density at radius 2 is 1.80 bits per heavy atom. The van der Waals surface area contributed by atoms with Gasteiger partial charge in [-0.1, -0.05) is 18.2 Å². The Morgan fingerprint density at radius 1 is 1.12 bits per heavy atom. The van der Waals surface area contributed by atoms with Gasteiger partial charge in [0.05, 0.1) is 5.56 Å². The summed E-state index contributed by atoms with van der Waals surface area (Å²) in [5.74, 6) is -1.60. The summed E-state index contributed by atoms with van der Waals surface area (Å²) in [4.78, 5) is 17.1. The molecule has 0 spiro atoms. The highest BCUT2D eigenvalue weighted by atomic mass is 19.1. The summed E-state index contributed by atoms with van der Waals surface area (Å²) in [6.45, 7) is 2.57. The van der Waals surface area contributed by atoms with E-state index in [0.717, 1.165) is 16.7 Å². The lowest BCUT2D eigenvalue weighted by Crippen LogP contribution is -2.37. The molecule has 25 heavy (non-hydrogen) atoms. The Labute approximate surface area is 143 Å². The summed E-state index contributed by atoms with van der Waals surface area (Å²) in [5, 5.41) is 0. The van der Waals surface area contributed by atoms with Crippen LogP contribution in [-0.4, -0.2) is 23.4 Å². The minimum Gasteiger partial charge on any atom is -0.370 e. The number of hydrogen-bond acceptors (Lipinski definition) is 1. The maximum Gasteiger partial charge on any atom is 0.347 e. The lowest BCUT2D eigenvalue weighted by atomic mass is 9.88. The Morgan fingerprint density at radius 3 is 2.44 bits per heavy atom. The third-order valence-electron chi connectivity index (χ3n) is 4.37. The second-order valence-electron chi connectivity index (χ2n) is 5.97. The first-order valence-electron chi connectivity index (χ1n) is 7.82. The van der Waals surface area contributed by atoms with E-state index in [-0.39, 0.29) is 18.1 Å². The molecule has 4 N–H and O–H groups in total. The molecule has 0 atom stereocenters. The number of nitrogens with two attached hydrogens (primary N) is 2. The molecule has 0 fully saturated rings. The van der Waals surface area contributed by atoms with Crippen LogP contribution in [0.25, 0.3) is 11.1 Å². The van der Waals surface area contributed by atoms with Gasteiger partial charge in [0.2, 0.25) is 0 Å². The van der Waals surface area contributed by atoms with E-state index in [1.165, 1.54) is 23.1 Å². The number of carbonyl (C=O) groups excluding carboxylic acids is 1. The molecule has 0 aromatic heterocycles. The third-order valence-corrected chi connectivity index (χ3v) is 4.37. The molecule has 3 rings (SSSR count). The van der Waals surface area contributed by atoms with Gasteiger partial charge in [0, 0.05) is 13.1 Å². The summed E-state index contributed by atoms with van der Waals surface area (Å²) in [6.07, 6.45) is 0.566. The predicted molar refractivity (Wildman–Crippen MR) is 91.9 cm³/mol. The van der Waals surface area contributed by atoms with E-state index >= 15 is 0 Å². The minimum atomic E-state index is -0.640. The van der Waals surface area contributed by atoms with E-state index in [0.29, 0.717) is 18.5 Å². The van der Waals surface area contributed by atoms with Gasteiger partial charge in [-0.3, -0.25) is 0 Å². The Hall–Kier alpha value is -2.96. The van der Waals surface area contributed by atoms with Gasteiger partial charge in [-0.2, -0.15) is 4.99 Å². The molecular formula is C18H18F2N4O. The highest BCUT2D eigenvalue weighted by molar-refractivity contribution is 5.90. The number of hydrogen-bond donors (Lipinski definition) is 2. The number of urea groups is 1. The maximum atomic E-state index is 14.3. The van der Waals surface area contributed by atoms with Crippen LogP contribution in [0.5, 0.6) is 0 Å². The molecule has 130 valence electrons. The predicted octanol–water partition coefficient (Wildman–Crippen LogP) is 2.69. The van der Waals surface area contributed by atoms with Crippen LogP contribution in [0.3, 0.4) is 0 Å². The fraction of sp³-hybridized carbons (Fsp3) is 0.222. The lowest BCUT2D eigenvalue weighted by molar-refractivity contribution is 0.202. The quantitative estimate of drug-likeness (QED) is 0.616. The Bertz CT molecular complexity index is 855. The van der Waals surface area contributed by atoms with Gasteiger partial charge in [0.1, 0.15) is 11.6 Å². The van der Waals surface area contributed by atoms with Gasteiger partial charge in [0.15, 0.2) is 5.96 Å². The number of halogens is 2. The van der Waals surface area contributed by atoms with Crippen molar-refractivity contribution in [3.05, 3.63) is 58.7 Å². The van der Waals surface area contributed by atoms with Crippen molar-refractivity contribution in [3.63, 3.8) is 0 Å². The second kappa shape index (κ2) is 6.51. The SMILES string of the molecule is Cc1ccc(-c2c(F)cccc2F)c2c1CCN(C(=O)N=C(N)N)C2. The molecule has 7 heteroatoms. The van der Waals surface area contributed by atoms with Crippen molar-refractivity contribution in [3.8, 4) is 11.1 Å². The van der Waals surface area contributed by atoms with E-state index in [1.54, 1.807) is 6.07 Å². The van der Waals surface area contributed by atoms with Crippen molar-refractivity contribution < 1.29 is 13.6 Å². The van der Waals surface area contributed by atoms with E-state index in [4.69, 9.17) is 11.5 Å². The maximum absolute atomic E-state index is 14.3. The Balaban J connectivity index is 2.10. The molecule has 2 aromatic rings. The zero-order valence-corrected chi connectivity index (χ0v) is 13.7. The molecule has 0 radical (unpaired) electrons. The summed E-state index contributed by atoms with van der Waals surface area (Å²) < 4.78 is 28.5. The molecule has 1 aliphatic rings. The monoisotopic (exact) mass is 344 g/mol. The fourth-order valence-corrected chi connectivity index (χ4v) is 3.19. The van der Waals surface area contributed by atoms with E-state index in [2.05, 4.69) is 4.99 Å².